The van der Waals surface area contributed by atoms with Gasteiger partial charge in [0.2, 0.25) is 0 Å². The minimum atomic E-state index is -0.0479. The van der Waals surface area contributed by atoms with Crippen molar-refractivity contribution in [2.45, 2.75) is 39.3 Å². The maximum Gasteiger partial charge on any atom is 0.261 e. The van der Waals surface area contributed by atoms with Crippen LogP contribution in [0.5, 0.6) is 0 Å². The number of benzene rings is 2. The van der Waals surface area contributed by atoms with Crippen LogP contribution in [0.15, 0.2) is 85.5 Å². The molecule has 0 aliphatic carbocycles. The third-order valence-corrected chi connectivity index (χ3v) is 7.97. The van der Waals surface area contributed by atoms with Crippen molar-refractivity contribution in [1.29, 1.82) is 5.26 Å². The Hall–Kier alpha value is -4.48. The molecule has 3 heterocycles. The highest BCUT2D eigenvalue weighted by Crippen LogP contribution is 2.30. The van der Waals surface area contributed by atoms with E-state index in [1.807, 2.05) is 61.1 Å². The van der Waals surface area contributed by atoms with Crippen LogP contribution in [0, 0.1) is 11.3 Å². The van der Waals surface area contributed by atoms with Crippen LogP contribution in [0.25, 0.3) is 10.1 Å². The largest absolute Gasteiger partial charge is 0.366 e. The highest BCUT2D eigenvalue weighted by atomic mass is 32.1. The Morgan fingerprint density at radius 1 is 1.12 bits per heavy atom. The molecule has 2 aromatic carbocycles. The molecule has 202 valence electrons. The van der Waals surface area contributed by atoms with E-state index in [2.05, 4.69) is 55.9 Å². The van der Waals surface area contributed by atoms with Crippen LogP contribution in [0.3, 0.4) is 0 Å². The molecule has 0 unspecified atom stereocenters. The number of imidazole rings is 1. The second kappa shape index (κ2) is 13.0. The van der Waals surface area contributed by atoms with Gasteiger partial charge in [0.25, 0.3) is 5.91 Å². The lowest BCUT2D eigenvalue weighted by Gasteiger charge is -2.25. The lowest BCUT2D eigenvalue weighted by atomic mass is 10.1. The van der Waals surface area contributed by atoms with Crippen molar-refractivity contribution in [3.63, 3.8) is 0 Å². The second-order valence-corrected chi connectivity index (χ2v) is 10.8. The number of hydrogen-bond donors (Lipinski definition) is 1. The Bertz CT molecular complexity index is 1600. The fourth-order valence-electron chi connectivity index (χ4n) is 4.62. The summed E-state index contributed by atoms with van der Waals surface area (Å²) in [6.45, 7) is 5.11. The first kappa shape index (κ1) is 27.1. The normalized spacial score (nSPS) is 10.9. The molecule has 8 heteroatoms. The number of rotatable bonds is 12. The summed E-state index contributed by atoms with van der Waals surface area (Å²) in [6, 6.07) is 24.1. The molecule has 40 heavy (non-hydrogen) atoms. The van der Waals surface area contributed by atoms with Crippen LogP contribution in [-0.4, -0.2) is 33.5 Å². The molecule has 1 amide bonds. The van der Waals surface area contributed by atoms with Gasteiger partial charge in [0, 0.05) is 54.5 Å². The van der Waals surface area contributed by atoms with Crippen LogP contribution in [-0.2, 0) is 19.5 Å². The van der Waals surface area contributed by atoms with Crippen molar-refractivity contribution in [2.75, 3.05) is 18.0 Å². The molecule has 5 aromatic rings. The summed E-state index contributed by atoms with van der Waals surface area (Å²) in [5.41, 5.74) is 5.01. The number of unbranched alkanes of at least 4 members (excludes halogenated alkanes) is 1. The number of aromatic nitrogens is 3. The summed E-state index contributed by atoms with van der Waals surface area (Å²) < 4.78 is 3.26. The van der Waals surface area contributed by atoms with Gasteiger partial charge in [-0.3, -0.25) is 9.78 Å². The van der Waals surface area contributed by atoms with Crippen LogP contribution in [0.2, 0.25) is 0 Å². The van der Waals surface area contributed by atoms with Crippen molar-refractivity contribution >= 4 is 33.0 Å². The number of nitrogens with zero attached hydrogens (tertiary/aromatic N) is 5. The van der Waals surface area contributed by atoms with Gasteiger partial charge in [0.1, 0.15) is 0 Å². The maximum atomic E-state index is 12.8. The van der Waals surface area contributed by atoms with Gasteiger partial charge < -0.3 is 14.8 Å². The quantitative estimate of drug-likeness (QED) is 0.201. The standard InChI is InChI=1S/C32H32N6OS/c1-2-3-16-37(22-29-20-34-23-38(29)21-25-9-7-24(19-33)8-10-25)28-11-12-30-26(17-28)18-31(40-30)32(39)36-15-13-27-6-4-5-14-35-27/h4-12,14,17-18,20,23H,2-3,13,15-16,21-22H2,1H3,(H,36,39). The van der Waals surface area contributed by atoms with E-state index in [0.29, 0.717) is 30.0 Å². The minimum Gasteiger partial charge on any atom is -0.366 e. The molecule has 0 atom stereocenters. The Morgan fingerprint density at radius 3 is 2.77 bits per heavy atom. The van der Waals surface area contributed by atoms with E-state index in [9.17, 15) is 4.79 Å². The van der Waals surface area contributed by atoms with Gasteiger partial charge in [-0.2, -0.15) is 5.26 Å². The number of carbonyl (C=O) groups excluding carboxylic acids is 1. The van der Waals surface area contributed by atoms with Gasteiger partial charge in [-0.1, -0.05) is 31.5 Å². The predicted molar refractivity (Wildman–Crippen MR) is 161 cm³/mol. The van der Waals surface area contributed by atoms with Crippen LogP contribution in [0.4, 0.5) is 5.69 Å². The smallest absolute Gasteiger partial charge is 0.261 e. The number of thiophene rings is 1. The molecule has 0 saturated heterocycles. The van der Waals surface area contributed by atoms with E-state index in [1.165, 1.54) is 11.3 Å². The molecule has 0 saturated carbocycles. The van der Waals surface area contributed by atoms with Gasteiger partial charge in [0.15, 0.2) is 0 Å². The van der Waals surface area contributed by atoms with Crippen LogP contribution < -0.4 is 10.2 Å². The summed E-state index contributed by atoms with van der Waals surface area (Å²) in [4.78, 5) is 24.7. The SMILES string of the molecule is CCCCN(Cc1cncn1Cc1ccc(C#N)cc1)c1ccc2sc(C(=O)NCCc3ccccn3)cc2c1. The molecule has 3 aromatic heterocycles. The molecular formula is C32H32N6OS. The van der Waals surface area contributed by atoms with E-state index in [1.54, 1.807) is 6.20 Å². The van der Waals surface area contributed by atoms with Crippen molar-refractivity contribution in [3.05, 3.63) is 113 Å². The monoisotopic (exact) mass is 548 g/mol. The summed E-state index contributed by atoms with van der Waals surface area (Å²) in [5, 5.41) is 13.2. The van der Waals surface area contributed by atoms with Crippen molar-refractivity contribution in [2.24, 2.45) is 0 Å². The van der Waals surface area contributed by atoms with Crippen molar-refractivity contribution in [3.8, 4) is 6.07 Å². The number of amides is 1. The third kappa shape index (κ3) is 6.74. The van der Waals surface area contributed by atoms with Crippen molar-refractivity contribution < 1.29 is 4.79 Å². The zero-order chi connectivity index (χ0) is 27.7. The summed E-state index contributed by atoms with van der Waals surface area (Å²) in [5.74, 6) is -0.0479. The maximum absolute atomic E-state index is 12.8. The Labute approximate surface area is 238 Å². The molecule has 0 bridgehead atoms. The third-order valence-electron chi connectivity index (χ3n) is 6.85. The predicted octanol–water partition coefficient (Wildman–Crippen LogP) is 6.19. The fraction of sp³-hybridized carbons (Fsp3) is 0.250. The number of anilines is 1. The van der Waals surface area contributed by atoms with Gasteiger partial charge in [-0.05, 0) is 65.9 Å². The molecule has 0 fully saturated rings. The van der Waals surface area contributed by atoms with Gasteiger partial charge in [-0.15, -0.1) is 11.3 Å². The first-order valence-corrected chi connectivity index (χ1v) is 14.4. The number of pyridine rings is 1. The molecule has 1 N–H and O–H groups in total. The number of nitrogens with one attached hydrogen (secondary N) is 1. The van der Waals surface area contributed by atoms with Crippen LogP contribution in [0.1, 0.15) is 52.0 Å². The minimum absolute atomic E-state index is 0.0479. The Morgan fingerprint density at radius 2 is 2.00 bits per heavy atom. The molecule has 0 aliphatic heterocycles. The van der Waals surface area contributed by atoms with E-state index in [-0.39, 0.29) is 5.91 Å². The molecule has 0 radical (unpaired) electrons. The summed E-state index contributed by atoms with van der Waals surface area (Å²) >= 11 is 1.52. The zero-order valence-corrected chi connectivity index (χ0v) is 23.4. The molecule has 7 nitrogen and oxygen atoms in total. The number of hydrogen-bond acceptors (Lipinski definition) is 6. The van der Waals surface area contributed by atoms with Gasteiger partial charge in [-0.25, -0.2) is 4.98 Å². The Kier molecular flexibility index (Phi) is 8.84. The number of nitriles is 1. The zero-order valence-electron chi connectivity index (χ0n) is 22.6. The Balaban J connectivity index is 1.29. The summed E-state index contributed by atoms with van der Waals surface area (Å²) in [6.07, 6.45) is 8.45. The van der Waals surface area contributed by atoms with Gasteiger partial charge in [0.05, 0.1) is 35.1 Å². The fourth-order valence-corrected chi connectivity index (χ4v) is 5.58. The summed E-state index contributed by atoms with van der Waals surface area (Å²) in [7, 11) is 0. The average Bonchev–Trinajstić information content (AvgIpc) is 3.62. The highest BCUT2D eigenvalue weighted by Gasteiger charge is 2.15. The van der Waals surface area contributed by atoms with E-state index in [0.717, 1.165) is 58.7 Å². The first-order valence-electron chi connectivity index (χ1n) is 13.6. The lowest BCUT2D eigenvalue weighted by molar-refractivity contribution is 0.0958. The first-order chi connectivity index (χ1) is 19.6. The lowest BCUT2D eigenvalue weighted by Crippen LogP contribution is -2.25. The average molecular weight is 549 g/mol. The van der Waals surface area contributed by atoms with E-state index >= 15 is 0 Å². The highest BCUT2D eigenvalue weighted by molar-refractivity contribution is 7.20. The van der Waals surface area contributed by atoms with Gasteiger partial charge >= 0.3 is 0 Å². The molecule has 0 spiro atoms. The molecular weight excluding hydrogens is 516 g/mol. The topological polar surface area (TPSA) is 86.8 Å². The number of carbonyl (C=O) groups is 1. The van der Waals surface area contributed by atoms with E-state index in [4.69, 9.17) is 5.26 Å². The number of fused-ring (bicyclic) bond motifs is 1. The van der Waals surface area contributed by atoms with Crippen LogP contribution >= 0.6 is 11.3 Å². The molecule has 5 rings (SSSR count). The van der Waals surface area contributed by atoms with E-state index < -0.39 is 0 Å². The van der Waals surface area contributed by atoms with Crippen molar-refractivity contribution in [1.82, 2.24) is 19.9 Å². The second-order valence-electron chi connectivity index (χ2n) is 9.76. The molecule has 0 aliphatic rings.